The lowest BCUT2D eigenvalue weighted by atomic mass is 9.95. The van der Waals surface area contributed by atoms with E-state index < -0.39 is 0 Å². The topological polar surface area (TPSA) is 61.8 Å². The van der Waals surface area contributed by atoms with Crippen molar-refractivity contribution in [2.45, 2.75) is 25.7 Å². The van der Waals surface area contributed by atoms with Crippen molar-refractivity contribution in [3.63, 3.8) is 0 Å². The number of hydrogen-bond acceptors (Lipinski definition) is 4. The van der Waals surface area contributed by atoms with Gasteiger partial charge in [-0.05, 0) is 49.4 Å². The molecule has 0 saturated heterocycles. The van der Waals surface area contributed by atoms with Crippen LogP contribution in [0.15, 0.2) is 72.2 Å². The quantitative estimate of drug-likeness (QED) is 0.529. The first-order chi connectivity index (χ1) is 15.7. The zero-order valence-corrected chi connectivity index (χ0v) is 18.5. The summed E-state index contributed by atoms with van der Waals surface area (Å²) in [4.78, 5) is 34.3. The zero-order valence-electron chi connectivity index (χ0n) is 17.6. The molecule has 2 aromatic carbocycles. The lowest BCUT2D eigenvalue weighted by Gasteiger charge is -2.13. The number of nitrogens with zero attached hydrogens (tertiary/aromatic N) is 2. The van der Waals surface area contributed by atoms with Crippen molar-refractivity contribution in [3.8, 4) is 0 Å². The number of thiophene rings is 1. The number of aryl methyl sites for hydroxylation is 1. The second-order valence-electron chi connectivity index (χ2n) is 7.89. The van der Waals surface area contributed by atoms with Gasteiger partial charge in [0.05, 0.1) is 11.3 Å². The Labute approximate surface area is 191 Å². The molecule has 0 bridgehead atoms. The van der Waals surface area contributed by atoms with Crippen LogP contribution in [-0.2, 0) is 17.6 Å². The van der Waals surface area contributed by atoms with Crippen molar-refractivity contribution >= 4 is 45.2 Å². The number of carbonyl (C=O) groups is 2. The van der Waals surface area contributed by atoms with Crippen LogP contribution < -0.4 is 10.2 Å². The number of benzene rings is 2. The molecule has 1 aliphatic heterocycles. The minimum Gasteiger partial charge on any atom is -0.322 e. The van der Waals surface area contributed by atoms with Gasteiger partial charge in [-0.15, -0.1) is 17.9 Å². The molecule has 5 nitrogen and oxygen atoms in total. The number of amides is 2. The van der Waals surface area contributed by atoms with E-state index in [1.807, 2.05) is 54.6 Å². The third-order valence-corrected chi connectivity index (χ3v) is 7.02. The Morgan fingerprint density at radius 3 is 2.66 bits per heavy atom. The van der Waals surface area contributed by atoms with Crippen LogP contribution in [0.4, 0.5) is 16.4 Å². The molecule has 2 heterocycles. The molecule has 6 heteroatoms. The van der Waals surface area contributed by atoms with Crippen molar-refractivity contribution in [2.24, 2.45) is 4.99 Å². The molecule has 0 saturated carbocycles. The molecule has 32 heavy (non-hydrogen) atoms. The molecule has 3 aromatic rings. The third-order valence-electron chi connectivity index (χ3n) is 5.83. The van der Waals surface area contributed by atoms with Gasteiger partial charge in [-0.3, -0.25) is 9.59 Å². The summed E-state index contributed by atoms with van der Waals surface area (Å²) in [5.41, 5.74) is 4.43. The standard InChI is InChI=1S/C26H23N3O2S/c1-2-16-29-20-14-8-6-12-18(20)23(26(29)31)28-25-22(19-13-7-9-15-21(19)32-25)24(30)27-17-10-4-3-5-11-17/h2-6,8,10-12,14H,1,7,9,13,15-16H2,(H,27,30)/b28-23+. The smallest absolute Gasteiger partial charge is 0.277 e. The first kappa shape index (κ1) is 20.4. The van der Waals surface area contributed by atoms with E-state index in [9.17, 15) is 9.59 Å². The molecule has 1 aromatic heterocycles. The maximum absolute atomic E-state index is 13.4. The van der Waals surface area contributed by atoms with Gasteiger partial charge in [0.2, 0.25) is 0 Å². The highest BCUT2D eigenvalue weighted by Crippen LogP contribution is 2.41. The van der Waals surface area contributed by atoms with Crippen molar-refractivity contribution in [1.29, 1.82) is 0 Å². The van der Waals surface area contributed by atoms with Gasteiger partial charge in [-0.25, -0.2) is 4.99 Å². The zero-order chi connectivity index (χ0) is 22.1. The van der Waals surface area contributed by atoms with Crippen molar-refractivity contribution in [3.05, 3.63) is 88.8 Å². The van der Waals surface area contributed by atoms with Crippen LogP contribution in [0.2, 0.25) is 0 Å². The van der Waals surface area contributed by atoms with Gasteiger partial charge in [0.25, 0.3) is 11.8 Å². The molecule has 1 aliphatic carbocycles. The predicted molar refractivity (Wildman–Crippen MR) is 131 cm³/mol. The number of para-hydroxylation sites is 2. The SMILES string of the molecule is C=CCN1C(=O)/C(=N/c2sc3c(c2C(=O)Nc2ccccc2)CCCC3)c2ccccc21. The van der Waals surface area contributed by atoms with Crippen LogP contribution >= 0.6 is 11.3 Å². The van der Waals surface area contributed by atoms with Crippen LogP contribution in [0, 0.1) is 0 Å². The Hall–Kier alpha value is -3.51. The predicted octanol–water partition coefficient (Wildman–Crippen LogP) is 5.53. The lowest BCUT2D eigenvalue weighted by molar-refractivity contribution is -0.112. The number of carbonyl (C=O) groups excluding carboxylic acids is 2. The molecule has 0 fully saturated rings. The fourth-order valence-electron chi connectivity index (χ4n) is 4.36. The Morgan fingerprint density at radius 2 is 1.84 bits per heavy atom. The first-order valence-electron chi connectivity index (χ1n) is 10.8. The number of nitrogens with one attached hydrogen (secondary N) is 1. The molecule has 2 amide bonds. The van der Waals surface area contributed by atoms with E-state index >= 15 is 0 Å². The largest absolute Gasteiger partial charge is 0.322 e. The molecule has 160 valence electrons. The average Bonchev–Trinajstić information content (AvgIpc) is 3.31. The summed E-state index contributed by atoms with van der Waals surface area (Å²) in [5.74, 6) is -0.330. The highest BCUT2D eigenvalue weighted by Gasteiger charge is 2.34. The first-order valence-corrected chi connectivity index (χ1v) is 11.6. The normalized spacial score (nSPS) is 16.1. The maximum atomic E-state index is 13.4. The Balaban J connectivity index is 1.60. The summed E-state index contributed by atoms with van der Waals surface area (Å²) in [7, 11) is 0. The van der Waals surface area contributed by atoms with E-state index in [0.29, 0.717) is 22.8 Å². The number of aliphatic imine (C=N–C) groups is 1. The molecule has 2 aliphatic rings. The molecular weight excluding hydrogens is 418 g/mol. The van der Waals surface area contributed by atoms with Gasteiger partial charge < -0.3 is 10.2 Å². The van der Waals surface area contributed by atoms with Gasteiger partial charge in [0.1, 0.15) is 10.7 Å². The van der Waals surface area contributed by atoms with E-state index in [4.69, 9.17) is 4.99 Å². The van der Waals surface area contributed by atoms with Crippen LogP contribution in [0.1, 0.15) is 39.2 Å². The summed E-state index contributed by atoms with van der Waals surface area (Å²) in [5, 5.41) is 3.62. The molecule has 1 N–H and O–H groups in total. The van der Waals surface area contributed by atoms with E-state index in [0.717, 1.165) is 48.2 Å². The molecule has 0 atom stereocenters. The monoisotopic (exact) mass is 441 g/mol. The summed E-state index contributed by atoms with van der Waals surface area (Å²) < 4.78 is 0. The molecule has 0 spiro atoms. The molecule has 5 rings (SSSR count). The van der Waals surface area contributed by atoms with Gasteiger partial charge >= 0.3 is 0 Å². The fraction of sp³-hybridized carbons (Fsp3) is 0.192. The Bertz CT molecular complexity index is 1240. The highest BCUT2D eigenvalue weighted by molar-refractivity contribution is 7.16. The van der Waals surface area contributed by atoms with E-state index in [1.165, 1.54) is 16.2 Å². The van der Waals surface area contributed by atoms with Gasteiger partial charge in [-0.2, -0.15) is 0 Å². The fourth-order valence-corrected chi connectivity index (χ4v) is 5.62. The third kappa shape index (κ3) is 3.56. The van der Waals surface area contributed by atoms with Crippen molar-refractivity contribution in [2.75, 3.05) is 16.8 Å². The van der Waals surface area contributed by atoms with Crippen LogP contribution in [0.3, 0.4) is 0 Å². The van der Waals surface area contributed by atoms with Gasteiger partial charge in [-0.1, -0.05) is 42.5 Å². The molecular formula is C26H23N3O2S. The average molecular weight is 442 g/mol. The Morgan fingerprint density at radius 1 is 1.09 bits per heavy atom. The lowest BCUT2D eigenvalue weighted by Crippen LogP contribution is -2.30. The van der Waals surface area contributed by atoms with Gasteiger partial charge in [0.15, 0.2) is 0 Å². The van der Waals surface area contributed by atoms with E-state index in [2.05, 4.69) is 11.9 Å². The summed E-state index contributed by atoms with van der Waals surface area (Å²) in [6.45, 7) is 4.19. The van der Waals surface area contributed by atoms with Crippen LogP contribution in [-0.4, -0.2) is 24.1 Å². The summed E-state index contributed by atoms with van der Waals surface area (Å²) in [6.07, 6.45) is 5.68. The maximum Gasteiger partial charge on any atom is 0.277 e. The summed E-state index contributed by atoms with van der Waals surface area (Å²) in [6, 6.07) is 17.1. The van der Waals surface area contributed by atoms with Crippen molar-refractivity contribution in [1.82, 2.24) is 0 Å². The number of hydrogen-bond donors (Lipinski definition) is 1. The van der Waals surface area contributed by atoms with Crippen molar-refractivity contribution < 1.29 is 9.59 Å². The number of anilines is 2. The van der Waals surface area contributed by atoms with E-state index in [1.54, 1.807) is 11.0 Å². The minimum atomic E-state index is -0.170. The van der Waals surface area contributed by atoms with Crippen LogP contribution in [0.25, 0.3) is 0 Å². The van der Waals surface area contributed by atoms with E-state index in [-0.39, 0.29) is 11.8 Å². The molecule has 0 radical (unpaired) electrons. The molecule has 0 unspecified atom stereocenters. The highest BCUT2D eigenvalue weighted by atomic mass is 32.1. The second kappa shape index (κ2) is 8.55. The van der Waals surface area contributed by atoms with Crippen LogP contribution in [0.5, 0.6) is 0 Å². The minimum absolute atomic E-state index is 0.160. The number of rotatable bonds is 5. The number of fused-ring (bicyclic) bond motifs is 2. The Kier molecular flexibility index (Phi) is 5.45. The summed E-state index contributed by atoms with van der Waals surface area (Å²) >= 11 is 1.54. The van der Waals surface area contributed by atoms with Gasteiger partial charge in [0, 0.05) is 22.7 Å². The second-order valence-corrected chi connectivity index (χ2v) is 8.98.